The third kappa shape index (κ3) is 2.98. The topological polar surface area (TPSA) is 93.4 Å². The minimum atomic E-state index is -0.482. The fourth-order valence-electron chi connectivity index (χ4n) is 4.20. The van der Waals surface area contributed by atoms with Gasteiger partial charge in [0.2, 0.25) is 0 Å². The predicted octanol–water partition coefficient (Wildman–Crippen LogP) is 1.20. The molecule has 2 saturated heterocycles. The van der Waals surface area contributed by atoms with Crippen molar-refractivity contribution in [3.63, 3.8) is 0 Å². The molecule has 144 valence electrons. The van der Waals surface area contributed by atoms with Gasteiger partial charge in [-0.05, 0) is 37.8 Å². The van der Waals surface area contributed by atoms with Gasteiger partial charge in [0, 0.05) is 39.2 Å². The number of piperidine rings is 1. The van der Waals surface area contributed by atoms with E-state index in [0.717, 1.165) is 12.8 Å². The molecular weight excluding hydrogens is 350 g/mol. The average Bonchev–Trinajstić information content (AvgIpc) is 2.69. The summed E-state index contributed by atoms with van der Waals surface area (Å²) in [5.74, 6) is -0.446. The molecule has 0 bridgehead atoms. The number of rotatable bonds is 2. The third-order valence-corrected chi connectivity index (χ3v) is 5.71. The maximum absolute atomic E-state index is 12.9. The van der Waals surface area contributed by atoms with E-state index in [1.807, 2.05) is 0 Å². The first-order valence-electron chi connectivity index (χ1n) is 9.21. The van der Waals surface area contributed by atoms with Crippen LogP contribution in [0.1, 0.15) is 36.0 Å². The zero-order valence-electron chi connectivity index (χ0n) is 15.3. The first kappa shape index (κ1) is 17.9. The average molecular weight is 373 g/mol. The zero-order chi connectivity index (χ0) is 19.0. The Bertz CT molecular complexity index is 917. The van der Waals surface area contributed by atoms with Crippen molar-refractivity contribution in [2.75, 3.05) is 26.8 Å². The van der Waals surface area contributed by atoms with Crippen molar-refractivity contribution in [2.24, 2.45) is 0 Å². The molecule has 2 aliphatic rings. The van der Waals surface area contributed by atoms with Crippen molar-refractivity contribution in [1.29, 1.82) is 0 Å². The van der Waals surface area contributed by atoms with E-state index in [9.17, 15) is 14.7 Å². The Hall–Kier alpha value is -2.45. The second kappa shape index (κ2) is 6.94. The number of nitrogens with zero attached hydrogens (tertiary/aromatic N) is 3. The number of carbonyl (C=O) groups excluding carboxylic acids is 1. The number of pyridine rings is 1. The van der Waals surface area contributed by atoms with Crippen LogP contribution >= 0.6 is 0 Å². The highest BCUT2D eigenvalue weighted by Crippen LogP contribution is 2.37. The highest BCUT2D eigenvalue weighted by atomic mass is 16.5. The largest absolute Gasteiger partial charge is 0.504 e. The number of aromatic hydroxyl groups is 1. The van der Waals surface area contributed by atoms with Gasteiger partial charge in [0.05, 0.1) is 11.7 Å². The van der Waals surface area contributed by atoms with Crippen LogP contribution in [-0.2, 0) is 9.47 Å². The summed E-state index contributed by atoms with van der Waals surface area (Å²) in [6, 6.07) is 2.99. The molecule has 2 fully saturated rings. The number of aromatic nitrogens is 2. The number of carbonyl (C=O) groups is 1. The fourth-order valence-corrected chi connectivity index (χ4v) is 4.20. The molecule has 1 unspecified atom stereocenters. The monoisotopic (exact) mass is 373 g/mol. The van der Waals surface area contributed by atoms with E-state index in [1.165, 1.54) is 28.9 Å². The van der Waals surface area contributed by atoms with Crippen LogP contribution in [0, 0.1) is 0 Å². The smallest absolute Gasteiger partial charge is 0.270 e. The Balaban J connectivity index is 1.56. The quantitative estimate of drug-likeness (QED) is 0.850. The first-order valence-corrected chi connectivity index (χ1v) is 9.21. The zero-order valence-corrected chi connectivity index (χ0v) is 15.3. The highest BCUT2D eigenvalue weighted by Gasteiger charge is 2.45. The Kier molecular flexibility index (Phi) is 4.61. The van der Waals surface area contributed by atoms with E-state index >= 15 is 0 Å². The normalized spacial score (nSPS) is 22.3. The predicted molar refractivity (Wildman–Crippen MR) is 97.0 cm³/mol. The van der Waals surface area contributed by atoms with Crippen LogP contribution in [0.3, 0.4) is 0 Å². The molecule has 0 saturated carbocycles. The van der Waals surface area contributed by atoms with Gasteiger partial charge in [-0.1, -0.05) is 0 Å². The maximum atomic E-state index is 12.9. The van der Waals surface area contributed by atoms with Crippen LogP contribution in [0.25, 0.3) is 5.65 Å². The Morgan fingerprint density at radius 1 is 1.41 bits per heavy atom. The molecule has 1 atom stereocenters. The van der Waals surface area contributed by atoms with Gasteiger partial charge in [-0.2, -0.15) is 0 Å². The standard InChI is InChI=1S/C19H23N3O5/c1-26-15-5-3-11-27-19(15)6-9-21(10-7-19)17(24)13-12-20-16-14(23)4-2-8-22(16)18(13)25/h2,4,8,12,15,23H,3,5-7,9-11H2,1H3. The van der Waals surface area contributed by atoms with Gasteiger partial charge in [-0.3, -0.25) is 14.0 Å². The van der Waals surface area contributed by atoms with E-state index in [2.05, 4.69) is 4.98 Å². The van der Waals surface area contributed by atoms with Crippen LogP contribution in [-0.4, -0.2) is 63.8 Å². The minimum Gasteiger partial charge on any atom is -0.504 e. The lowest BCUT2D eigenvalue weighted by Gasteiger charge is -2.47. The molecule has 8 nitrogen and oxygen atoms in total. The van der Waals surface area contributed by atoms with Gasteiger partial charge in [-0.25, -0.2) is 4.98 Å². The van der Waals surface area contributed by atoms with Crippen molar-refractivity contribution in [1.82, 2.24) is 14.3 Å². The van der Waals surface area contributed by atoms with Crippen LogP contribution in [0.15, 0.2) is 29.3 Å². The number of likely N-dealkylation sites (tertiary alicyclic amines) is 1. The van der Waals surface area contributed by atoms with Crippen molar-refractivity contribution in [3.8, 4) is 5.75 Å². The molecule has 8 heteroatoms. The lowest BCUT2D eigenvalue weighted by molar-refractivity contribution is -0.183. The van der Waals surface area contributed by atoms with E-state index in [4.69, 9.17) is 9.47 Å². The second-order valence-corrected chi connectivity index (χ2v) is 7.14. The molecule has 2 aliphatic heterocycles. The Morgan fingerprint density at radius 2 is 2.19 bits per heavy atom. The van der Waals surface area contributed by atoms with E-state index in [-0.39, 0.29) is 34.6 Å². The van der Waals surface area contributed by atoms with Crippen molar-refractivity contribution >= 4 is 11.6 Å². The summed E-state index contributed by atoms with van der Waals surface area (Å²) >= 11 is 0. The van der Waals surface area contributed by atoms with Gasteiger partial charge < -0.3 is 19.5 Å². The van der Waals surface area contributed by atoms with Crippen LogP contribution in [0.4, 0.5) is 0 Å². The summed E-state index contributed by atoms with van der Waals surface area (Å²) in [7, 11) is 1.70. The van der Waals surface area contributed by atoms with Gasteiger partial charge in [-0.15, -0.1) is 0 Å². The number of hydrogen-bond donors (Lipinski definition) is 1. The molecule has 2 aromatic rings. The Morgan fingerprint density at radius 3 is 2.93 bits per heavy atom. The van der Waals surface area contributed by atoms with E-state index in [1.54, 1.807) is 12.0 Å². The molecule has 0 aliphatic carbocycles. The SMILES string of the molecule is COC1CCCOC12CCN(C(=O)c1cnc3c(O)cccn3c1=O)CC2. The van der Waals surface area contributed by atoms with Gasteiger partial charge in [0.15, 0.2) is 11.4 Å². The number of hydrogen-bond acceptors (Lipinski definition) is 6. The summed E-state index contributed by atoms with van der Waals surface area (Å²) < 4.78 is 12.9. The second-order valence-electron chi connectivity index (χ2n) is 7.14. The van der Waals surface area contributed by atoms with E-state index in [0.29, 0.717) is 32.5 Å². The molecule has 0 aromatic carbocycles. The summed E-state index contributed by atoms with van der Waals surface area (Å²) in [5.41, 5.74) is -0.686. The summed E-state index contributed by atoms with van der Waals surface area (Å²) in [6.07, 6.45) is 6.09. The molecule has 0 radical (unpaired) electrons. The van der Waals surface area contributed by atoms with Crippen LogP contribution in [0.2, 0.25) is 0 Å². The van der Waals surface area contributed by atoms with Gasteiger partial charge in [0.25, 0.3) is 11.5 Å². The van der Waals surface area contributed by atoms with Gasteiger partial charge in [0.1, 0.15) is 5.56 Å². The Labute approximate surface area is 156 Å². The summed E-state index contributed by atoms with van der Waals surface area (Å²) in [4.78, 5) is 31.3. The molecule has 4 rings (SSSR count). The first-order chi connectivity index (χ1) is 13.1. The van der Waals surface area contributed by atoms with Crippen LogP contribution < -0.4 is 5.56 Å². The lowest BCUT2D eigenvalue weighted by Crippen LogP contribution is -2.57. The van der Waals surface area contributed by atoms with E-state index < -0.39 is 5.56 Å². The molecular formula is C19H23N3O5. The fraction of sp³-hybridized carbons (Fsp3) is 0.526. The lowest BCUT2D eigenvalue weighted by atomic mass is 9.81. The van der Waals surface area contributed by atoms with Crippen molar-refractivity contribution in [3.05, 3.63) is 40.4 Å². The molecule has 1 amide bonds. The number of methoxy groups -OCH3 is 1. The maximum Gasteiger partial charge on any atom is 0.270 e. The number of amides is 1. The highest BCUT2D eigenvalue weighted by molar-refractivity contribution is 5.94. The molecule has 4 heterocycles. The minimum absolute atomic E-state index is 0.00176. The number of ether oxygens (including phenoxy) is 2. The molecule has 1 spiro atoms. The summed E-state index contributed by atoms with van der Waals surface area (Å²) in [5, 5.41) is 9.82. The van der Waals surface area contributed by atoms with Gasteiger partial charge >= 0.3 is 0 Å². The number of fused-ring (bicyclic) bond motifs is 1. The van der Waals surface area contributed by atoms with Crippen LogP contribution in [0.5, 0.6) is 5.75 Å². The molecule has 2 aromatic heterocycles. The van der Waals surface area contributed by atoms with Crippen molar-refractivity contribution in [2.45, 2.75) is 37.4 Å². The molecule has 27 heavy (non-hydrogen) atoms. The third-order valence-electron chi connectivity index (χ3n) is 5.71. The molecule has 1 N–H and O–H groups in total. The summed E-state index contributed by atoms with van der Waals surface area (Å²) in [6.45, 7) is 1.72. The van der Waals surface area contributed by atoms with Crippen molar-refractivity contribution < 1.29 is 19.4 Å².